The Bertz CT molecular complexity index is 411. The SMILES string of the molecule is CC(C)(CP(C1CCCCC1)C1CCCCC1)CP(C1CCCCC1)C1CCCCC1. The first-order chi connectivity index (χ1) is 15.1. The van der Waals surface area contributed by atoms with Crippen molar-refractivity contribution in [2.24, 2.45) is 5.41 Å². The third-order valence-corrected chi connectivity index (χ3v) is 17.7. The van der Waals surface area contributed by atoms with Crippen molar-refractivity contribution >= 4 is 15.8 Å². The largest absolute Gasteiger partial charge is 0.0998 e. The Morgan fingerprint density at radius 3 is 0.871 bits per heavy atom. The van der Waals surface area contributed by atoms with Gasteiger partial charge in [0, 0.05) is 0 Å². The van der Waals surface area contributed by atoms with Crippen molar-refractivity contribution in [3.8, 4) is 0 Å². The molecule has 31 heavy (non-hydrogen) atoms. The van der Waals surface area contributed by atoms with Crippen LogP contribution in [0.25, 0.3) is 0 Å². The van der Waals surface area contributed by atoms with Gasteiger partial charge < -0.3 is 0 Å². The van der Waals surface area contributed by atoms with E-state index in [0.29, 0.717) is 5.41 Å². The van der Waals surface area contributed by atoms with Crippen molar-refractivity contribution in [1.29, 1.82) is 0 Å². The van der Waals surface area contributed by atoms with E-state index in [4.69, 9.17) is 0 Å². The average molecular weight is 465 g/mol. The van der Waals surface area contributed by atoms with Crippen LogP contribution in [0.2, 0.25) is 0 Å². The van der Waals surface area contributed by atoms with E-state index in [1.54, 1.807) is 115 Å². The molecule has 4 saturated carbocycles. The summed E-state index contributed by atoms with van der Waals surface area (Å²) in [6, 6.07) is 0. The lowest BCUT2D eigenvalue weighted by molar-refractivity contribution is 0.442. The highest BCUT2D eigenvalue weighted by Gasteiger charge is 2.39. The highest BCUT2D eigenvalue weighted by Crippen LogP contribution is 2.62. The summed E-state index contributed by atoms with van der Waals surface area (Å²) in [6.45, 7) is 5.49. The average Bonchev–Trinajstić information content (AvgIpc) is 2.83. The maximum atomic E-state index is 2.75. The monoisotopic (exact) mass is 464 g/mol. The quantitative estimate of drug-likeness (QED) is 0.313. The summed E-state index contributed by atoms with van der Waals surface area (Å²) >= 11 is 0. The van der Waals surface area contributed by atoms with Crippen molar-refractivity contribution in [2.45, 2.75) is 165 Å². The Balaban J connectivity index is 1.46. The summed E-state index contributed by atoms with van der Waals surface area (Å²) in [6.07, 6.45) is 34.5. The molecule has 0 aromatic heterocycles. The molecule has 0 aromatic carbocycles. The molecule has 0 unspecified atom stereocenters. The molecule has 0 aliphatic heterocycles. The summed E-state index contributed by atoms with van der Waals surface area (Å²) < 4.78 is 0. The number of rotatable bonds is 8. The first-order valence-electron chi connectivity index (χ1n) is 14.6. The van der Waals surface area contributed by atoms with E-state index in [0.717, 1.165) is 22.6 Å². The molecule has 0 radical (unpaired) electrons. The zero-order valence-electron chi connectivity index (χ0n) is 21.3. The molecule has 0 amide bonds. The summed E-state index contributed by atoms with van der Waals surface area (Å²) in [7, 11) is 0.520. The molecule has 4 rings (SSSR count). The van der Waals surface area contributed by atoms with Gasteiger partial charge in [0.05, 0.1) is 0 Å². The van der Waals surface area contributed by atoms with Crippen LogP contribution in [-0.2, 0) is 0 Å². The fourth-order valence-corrected chi connectivity index (χ4v) is 16.5. The Morgan fingerprint density at radius 1 is 0.419 bits per heavy atom. The van der Waals surface area contributed by atoms with Crippen molar-refractivity contribution in [1.82, 2.24) is 0 Å². The fraction of sp³-hybridized carbons (Fsp3) is 1.00. The van der Waals surface area contributed by atoms with Gasteiger partial charge in [0.25, 0.3) is 0 Å². The standard InChI is InChI=1S/C29H54P2/c1-29(2,23-30(25-15-7-3-8-16-25)26-17-9-4-10-18-26)24-31(27-19-11-5-12-20-27)28-21-13-6-14-22-28/h25-28H,3-24H2,1-2H3. The predicted molar refractivity (Wildman–Crippen MR) is 145 cm³/mol. The summed E-state index contributed by atoms with van der Waals surface area (Å²) in [5, 5.41) is 0. The van der Waals surface area contributed by atoms with E-state index in [1.165, 1.54) is 25.7 Å². The van der Waals surface area contributed by atoms with E-state index < -0.39 is 0 Å². The van der Waals surface area contributed by atoms with Gasteiger partial charge >= 0.3 is 0 Å². The highest BCUT2D eigenvalue weighted by atomic mass is 31.1. The molecule has 2 heteroatoms. The molecule has 0 spiro atoms. The van der Waals surface area contributed by atoms with Crippen LogP contribution in [-0.4, -0.2) is 35.0 Å². The Kier molecular flexibility index (Phi) is 10.1. The normalized spacial score (nSPS) is 26.7. The lowest BCUT2D eigenvalue weighted by Gasteiger charge is -2.46. The molecule has 0 heterocycles. The van der Waals surface area contributed by atoms with E-state index in [-0.39, 0.29) is 15.8 Å². The maximum absolute atomic E-state index is 2.75. The van der Waals surface area contributed by atoms with E-state index in [1.807, 2.05) is 0 Å². The fourth-order valence-electron chi connectivity index (χ4n) is 7.80. The predicted octanol–water partition coefficient (Wildman–Crippen LogP) is 10.3. The lowest BCUT2D eigenvalue weighted by Crippen LogP contribution is -2.32. The molecule has 0 N–H and O–H groups in total. The molecule has 0 saturated heterocycles. The van der Waals surface area contributed by atoms with Gasteiger partial charge in [-0.2, -0.15) is 0 Å². The number of hydrogen-bond donors (Lipinski definition) is 0. The van der Waals surface area contributed by atoms with Gasteiger partial charge in [0.1, 0.15) is 0 Å². The topological polar surface area (TPSA) is 0 Å². The Hall–Kier alpha value is 0.860. The number of hydrogen-bond acceptors (Lipinski definition) is 0. The third-order valence-electron chi connectivity index (χ3n) is 9.40. The first-order valence-corrected chi connectivity index (χ1v) is 18.0. The van der Waals surface area contributed by atoms with E-state index >= 15 is 0 Å². The van der Waals surface area contributed by atoms with Crippen LogP contribution in [0.3, 0.4) is 0 Å². The van der Waals surface area contributed by atoms with Crippen LogP contribution >= 0.6 is 15.8 Å². The molecule has 4 aliphatic rings. The lowest BCUT2D eigenvalue weighted by atomic mass is 9.98. The van der Waals surface area contributed by atoms with Crippen LogP contribution in [0, 0.1) is 5.41 Å². The zero-order valence-corrected chi connectivity index (χ0v) is 23.0. The molecule has 0 aromatic rings. The van der Waals surface area contributed by atoms with Gasteiger partial charge in [-0.1, -0.05) is 107 Å². The zero-order chi connectivity index (χ0) is 21.5. The van der Waals surface area contributed by atoms with E-state index in [2.05, 4.69) is 13.8 Å². The van der Waals surface area contributed by atoms with Crippen LogP contribution in [0.5, 0.6) is 0 Å². The second-order valence-electron chi connectivity index (χ2n) is 12.7. The molecule has 0 atom stereocenters. The van der Waals surface area contributed by atoms with Gasteiger partial charge in [0.2, 0.25) is 0 Å². The molecular formula is C29H54P2. The van der Waals surface area contributed by atoms with Crippen LogP contribution in [0.4, 0.5) is 0 Å². The maximum Gasteiger partial charge on any atom is -0.0207 e. The van der Waals surface area contributed by atoms with Gasteiger partial charge in [-0.3, -0.25) is 0 Å². The van der Waals surface area contributed by atoms with E-state index in [9.17, 15) is 0 Å². The third kappa shape index (κ3) is 7.42. The smallest absolute Gasteiger partial charge is 0.0207 e. The first kappa shape index (κ1) is 25.0. The minimum Gasteiger partial charge on any atom is -0.0998 e. The molecule has 180 valence electrons. The van der Waals surface area contributed by atoms with Crippen LogP contribution in [0.1, 0.15) is 142 Å². The minimum absolute atomic E-state index is 0.260. The molecule has 4 aliphatic carbocycles. The Labute approximate surface area is 198 Å². The van der Waals surface area contributed by atoms with Crippen molar-refractivity contribution in [2.75, 3.05) is 12.3 Å². The Morgan fingerprint density at radius 2 is 0.645 bits per heavy atom. The van der Waals surface area contributed by atoms with Gasteiger partial charge in [0.15, 0.2) is 0 Å². The molecule has 4 fully saturated rings. The summed E-state index contributed by atoms with van der Waals surface area (Å²) in [5.74, 6) is 0. The van der Waals surface area contributed by atoms with Crippen molar-refractivity contribution < 1.29 is 0 Å². The highest BCUT2D eigenvalue weighted by molar-refractivity contribution is 7.60. The summed E-state index contributed by atoms with van der Waals surface area (Å²) in [4.78, 5) is 0. The van der Waals surface area contributed by atoms with Gasteiger partial charge in [-0.15, -0.1) is 0 Å². The van der Waals surface area contributed by atoms with Gasteiger partial charge in [-0.05, 0) is 91.7 Å². The van der Waals surface area contributed by atoms with Crippen molar-refractivity contribution in [3.63, 3.8) is 0 Å². The molecular weight excluding hydrogens is 410 g/mol. The second-order valence-corrected chi connectivity index (χ2v) is 18.3. The van der Waals surface area contributed by atoms with Crippen LogP contribution in [0.15, 0.2) is 0 Å². The summed E-state index contributed by atoms with van der Waals surface area (Å²) in [5.41, 5.74) is 5.17. The van der Waals surface area contributed by atoms with Gasteiger partial charge in [-0.25, -0.2) is 0 Å². The minimum atomic E-state index is 0.260. The molecule has 0 nitrogen and oxygen atoms in total. The van der Waals surface area contributed by atoms with Crippen LogP contribution < -0.4 is 0 Å². The molecule has 0 bridgehead atoms. The second kappa shape index (κ2) is 12.5. The van der Waals surface area contributed by atoms with Crippen molar-refractivity contribution in [3.05, 3.63) is 0 Å².